The van der Waals surface area contributed by atoms with E-state index in [1.54, 1.807) is 24.3 Å². The number of hydrogen-bond acceptors (Lipinski definition) is 3. The average molecular weight is 284 g/mol. The molecule has 0 spiro atoms. The molecule has 1 aromatic rings. The number of carbonyl (C=O) groups is 1. The molecule has 0 fully saturated rings. The van der Waals surface area contributed by atoms with Crippen LogP contribution in [0.5, 0.6) is 0 Å². The first-order valence-corrected chi connectivity index (χ1v) is 7.69. The van der Waals surface area contributed by atoms with Gasteiger partial charge in [0.05, 0.1) is 4.90 Å². The van der Waals surface area contributed by atoms with E-state index in [0.29, 0.717) is 19.6 Å². The fourth-order valence-electron chi connectivity index (χ4n) is 1.72. The van der Waals surface area contributed by atoms with Crippen LogP contribution in [0.1, 0.15) is 26.3 Å². The number of nitrogens with one attached hydrogen (secondary N) is 1. The summed E-state index contributed by atoms with van der Waals surface area (Å²) in [5.41, 5.74) is 0.869. The van der Waals surface area contributed by atoms with Gasteiger partial charge in [0.15, 0.2) is 0 Å². The molecule has 0 bridgehead atoms. The van der Waals surface area contributed by atoms with Crippen molar-refractivity contribution in [1.82, 2.24) is 9.62 Å². The molecule has 19 heavy (non-hydrogen) atoms. The summed E-state index contributed by atoms with van der Waals surface area (Å²) < 4.78 is 25.9. The van der Waals surface area contributed by atoms with Crippen molar-refractivity contribution < 1.29 is 13.2 Å². The van der Waals surface area contributed by atoms with E-state index in [1.165, 1.54) is 11.2 Å². The van der Waals surface area contributed by atoms with Crippen molar-refractivity contribution in [3.05, 3.63) is 29.8 Å². The van der Waals surface area contributed by atoms with Crippen LogP contribution in [0.2, 0.25) is 0 Å². The quantitative estimate of drug-likeness (QED) is 0.857. The van der Waals surface area contributed by atoms with E-state index in [2.05, 4.69) is 5.32 Å². The zero-order chi connectivity index (χ0) is 14.5. The monoisotopic (exact) mass is 284 g/mol. The molecular formula is C13H20N2O3S. The van der Waals surface area contributed by atoms with Gasteiger partial charge in [-0.1, -0.05) is 26.0 Å². The third-order valence-corrected chi connectivity index (χ3v) is 4.87. The number of amides is 1. The van der Waals surface area contributed by atoms with Crippen LogP contribution in [-0.4, -0.2) is 31.7 Å². The lowest BCUT2D eigenvalue weighted by Crippen LogP contribution is -2.30. The van der Waals surface area contributed by atoms with Gasteiger partial charge in [-0.3, -0.25) is 4.79 Å². The van der Waals surface area contributed by atoms with Crippen LogP contribution >= 0.6 is 0 Å². The first-order chi connectivity index (χ1) is 8.91. The first kappa shape index (κ1) is 15.7. The van der Waals surface area contributed by atoms with E-state index in [0.717, 1.165) is 5.56 Å². The van der Waals surface area contributed by atoms with Gasteiger partial charge < -0.3 is 5.32 Å². The minimum atomic E-state index is -3.40. The molecule has 0 aliphatic rings. The van der Waals surface area contributed by atoms with Gasteiger partial charge in [-0.2, -0.15) is 4.31 Å². The highest BCUT2D eigenvalue weighted by atomic mass is 32.2. The number of nitrogens with zero attached hydrogens (tertiary/aromatic N) is 1. The molecule has 0 saturated carbocycles. The third kappa shape index (κ3) is 4.04. The predicted molar refractivity (Wildman–Crippen MR) is 74.1 cm³/mol. The largest absolute Gasteiger partial charge is 0.352 e. The summed E-state index contributed by atoms with van der Waals surface area (Å²) in [6.45, 7) is 6.37. The lowest BCUT2D eigenvalue weighted by Gasteiger charge is -2.18. The van der Waals surface area contributed by atoms with Gasteiger partial charge in [0.2, 0.25) is 15.9 Å². The lowest BCUT2D eigenvalue weighted by molar-refractivity contribution is -0.119. The Labute approximate surface area is 114 Å². The molecule has 0 aromatic heterocycles. The molecule has 0 heterocycles. The van der Waals surface area contributed by atoms with Crippen molar-refractivity contribution in [2.24, 2.45) is 0 Å². The van der Waals surface area contributed by atoms with Crippen LogP contribution in [0.15, 0.2) is 29.2 Å². The van der Waals surface area contributed by atoms with Crippen molar-refractivity contribution in [3.63, 3.8) is 0 Å². The Balaban J connectivity index is 2.89. The highest BCUT2D eigenvalue weighted by Gasteiger charge is 2.20. The van der Waals surface area contributed by atoms with E-state index in [1.807, 2.05) is 13.8 Å². The van der Waals surface area contributed by atoms with E-state index in [-0.39, 0.29) is 10.8 Å². The number of hydrogen-bond donors (Lipinski definition) is 1. The SMILES string of the molecule is CCN(CC)S(=O)(=O)c1ccc(CNC(C)=O)cc1. The van der Waals surface area contributed by atoms with Gasteiger partial charge in [-0.15, -0.1) is 0 Å². The van der Waals surface area contributed by atoms with E-state index in [9.17, 15) is 13.2 Å². The Kier molecular flexibility index (Phi) is 5.50. The van der Waals surface area contributed by atoms with Crippen LogP contribution < -0.4 is 5.32 Å². The summed E-state index contributed by atoms with van der Waals surface area (Å²) in [5, 5.41) is 2.67. The molecule has 0 atom stereocenters. The molecular weight excluding hydrogens is 264 g/mol. The number of benzene rings is 1. The molecule has 0 aliphatic heterocycles. The molecule has 1 amide bonds. The normalized spacial score (nSPS) is 11.6. The van der Waals surface area contributed by atoms with Crippen LogP contribution in [0.3, 0.4) is 0 Å². The molecule has 0 radical (unpaired) electrons. The van der Waals surface area contributed by atoms with Gasteiger partial charge in [0, 0.05) is 26.6 Å². The number of sulfonamides is 1. The summed E-state index contributed by atoms with van der Waals surface area (Å²) in [5.74, 6) is -0.111. The molecule has 0 saturated heterocycles. The molecule has 5 nitrogen and oxygen atoms in total. The zero-order valence-corrected chi connectivity index (χ0v) is 12.3. The summed E-state index contributed by atoms with van der Waals surface area (Å²) in [7, 11) is -3.40. The molecule has 0 unspecified atom stereocenters. The van der Waals surface area contributed by atoms with Crippen molar-refractivity contribution in [1.29, 1.82) is 0 Å². The van der Waals surface area contributed by atoms with Gasteiger partial charge in [-0.05, 0) is 17.7 Å². The average Bonchev–Trinajstić information content (AvgIpc) is 2.38. The number of carbonyl (C=O) groups excluding carboxylic acids is 1. The maximum Gasteiger partial charge on any atom is 0.243 e. The second-order valence-electron chi connectivity index (χ2n) is 4.14. The predicted octanol–water partition coefficient (Wildman–Crippen LogP) is 1.35. The first-order valence-electron chi connectivity index (χ1n) is 6.25. The highest BCUT2D eigenvalue weighted by molar-refractivity contribution is 7.89. The second-order valence-corrected chi connectivity index (χ2v) is 6.08. The molecule has 6 heteroatoms. The smallest absolute Gasteiger partial charge is 0.243 e. The van der Waals surface area contributed by atoms with E-state index < -0.39 is 10.0 Å². The van der Waals surface area contributed by atoms with Crippen molar-refractivity contribution in [3.8, 4) is 0 Å². The fraction of sp³-hybridized carbons (Fsp3) is 0.462. The van der Waals surface area contributed by atoms with Crippen LogP contribution in [0.25, 0.3) is 0 Å². The van der Waals surface area contributed by atoms with E-state index in [4.69, 9.17) is 0 Å². The minimum Gasteiger partial charge on any atom is -0.352 e. The topological polar surface area (TPSA) is 66.5 Å². The Bertz CT molecular complexity index is 519. The maximum atomic E-state index is 12.2. The van der Waals surface area contributed by atoms with Crippen molar-refractivity contribution in [2.75, 3.05) is 13.1 Å². The van der Waals surface area contributed by atoms with Crippen LogP contribution in [-0.2, 0) is 21.4 Å². The Morgan fingerprint density at radius 3 is 2.11 bits per heavy atom. The molecule has 0 aliphatic carbocycles. The molecule has 106 valence electrons. The van der Waals surface area contributed by atoms with Gasteiger partial charge in [0.1, 0.15) is 0 Å². The second kappa shape index (κ2) is 6.68. The fourth-order valence-corrected chi connectivity index (χ4v) is 3.18. The molecule has 1 aromatic carbocycles. The van der Waals surface area contributed by atoms with Crippen LogP contribution in [0.4, 0.5) is 0 Å². The zero-order valence-electron chi connectivity index (χ0n) is 11.5. The van der Waals surface area contributed by atoms with Crippen molar-refractivity contribution in [2.45, 2.75) is 32.2 Å². The van der Waals surface area contributed by atoms with Gasteiger partial charge >= 0.3 is 0 Å². The standard InChI is InChI=1S/C13H20N2O3S/c1-4-15(5-2)19(17,18)13-8-6-12(7-9-13)10-14-11(3)16/h6-9H,4-5,10H2,1-3H3,(H,14,16). The lowest BCUT2D eigenvalue weighted by atomic mass is 10.2. The Hall–Kier alpha value is -1.40. The molecule has 1 rings (SSSR count). The minimum absolute atomic E-state index is 0.111. The Morgan fingerprint density at radius 1 is 1.16 bits per heavy atom. The summed E-state index contributed by atoms with van der Waals surface area (Å²) in [4.78, 5) is 11.1. The highest BCUT2D eigenvalue weighted by Crippen LogP contribution is 2.16. The van der Waals surface area contributed by atoms with Gasteiger partial charge in [-0.25, -0.2) is 8.42 Å². The van der Waals surface area contributed by atoms with E-state index >= 15 is 0 Å². The summed E-state index contributed by atoms with van der Waals surface area (Å²) >= 11 is 0. The number of rotatable bonds is 6. The van der Waals surface area contributed by atoms with Gasteiger partial charge in [0.25, 0.3) is 0 Å². The Morgan fingerprint density at radius 2 is 1.68 bits per heavy atom. The maximum absolute atomic E-state index is 12.2. The molecule has 1 N–H and O–H groups in total. The van der Waals surface area contributed by atoms with Crippen molar-refractivity contribution >= 4 is 15.9 Å². The summed E-state index contributed by atoms with van der Waals surface area (Å²) in [6.07, 6.45) is 0. The summed E-state index contributed by atoms with van der Waals surface area (Å²) in [6, 6.07) is 6.58. The van der Waals surface area contributed by atoms with Crippen LogP contribution in [0, 0.1) is 0 Å². The third-order valence-electron chi connectivity index (χ3n) is 2.81.